The third-order valence-electron chi connectivity index (χ3n) is 1.43. The molecule has 0 fully saturated rings. The lowest BCUT2D eigenvalue weighted by molar-refractivity contribution is 0.771. The minimum Gasteiger partial charge on any atom is -0.327 e. The zero-order valence-corrected chi connectivity index (χ0v) is 7.25. The smallest absolute Gasteiger partial charge is 0.0245 e. The van der Waals surface area contributed by atoms with Gasteiger partial charge in [-0.3, -0.25) is 0 Å². The number of benzene rings is 1. The highest BCUT2D eigenvalue weighted by Gasteiger charge is 1.86. The van der Waals surface area contributed by atoms with E-state index in [-0.39, 0.29) is 6.04 Å². The van der Waals surface area contributed by atoms with Gasteiger partial charge in [-0.1, -0.05) is 30.0 Å². The average molecular weight is 159 g/mol. The molecule has 1 nitrogen and oxygen atoms in total. The Morgan fingerprint density at radius 2 is 2.00 bits per heavy atom. The fourth-order valence-corrected chi connectivity index (χ4v) is 0.836. The number of nitrogens with two attached hydrogens (primary N) is 1. The first-order valence-electron chi connectivity index (χ1n) is 4.08. The molecule has 1 rings (SSSR count). The highest BCUT2D eigenvalue weighted by atomic mass is 14.6. The van der Waals surface area contributed by atoms with Crippen LogP contribution in [0.3, 0.4) is 0 Å². The topological polar surface area (TPSA) is 26.0 Å². The summed E-state index contributed by atoms with van der Waals surface area (Å²) in [6.07, 6.45) is 0.759. The molecule has 0 amide bonds. The van der Waals surface area contributed by atoms with Crippen LogP contribution in [0.1, 0.15) is 18.9 Å². The summed E-state index contributed by atoms with van der Waals surface area (Å²) < 4.78 is 0. The Bertz CT molecular complexity index is 277. The third-order valence-corrected chi connectivity index (χ3v) is 1.43. The minimum atomic E-state index is 0.168. The summed E-state index contributed by atoms with van der Waals surface area (Å²) in [4.78, 5) is 0. The van der Waals surface area contributed by atoms with Crippen LogP contribution in [0.2, 0.25) is 0 Å². The SMILES string of the molecule is CC(N)CC#Cc1ccccc1. The quantitative estimate of drug-likeness (QED) is 0.621. The lowest BCUT2D eigenvalue weighted by Crippen LogP contribution is -2.12. The predicted molar refractivity (Wildman–Crippen MR) is 51.6 cm³/mol. The van der Waals surface area contributed by atoms with E-state index in [2.05, 4.69) is 11.8 Å². The summed E-state index contributed by atoms with van der Waals surface area (Å²) >= 11 is 0. The fourth-order valence-electron chi connectivity index (χ4n) is 0.836. The Morgan fingerprint density at radius 3 is 2.58 bits per heavy atom. The van der Waals surface area contributed by atoms with E-state index in [9.17, 15) is 0 Å². The Morgan fingerprint density at radius 1 is 1.33 bits per heavy atom. The van der Waals surface area contributed by atoms with Gasteiger partial charge in [-0.25, -0.2) is 0 Å². The molecule has 0 aliphatic rings. The summed E-state index contributed by atoms with van der Waals surface area (Å²) in [5, 5.41) is 0. The van der Waals surface area contributed by atoms with Crippen LogP contribution in [0.25, 0.3) is 0 Å². The summed E-state index contributed by atoms with van der Waals surface area (Å²) in [6.45, 7) is 1.96. The van der Waals surface area contributed by atoms with Gasteiger partial charge < -0.3 is 5.73 Å². The summed E-state index contributed by atoms with van der Waals surface area (Å²) in [7, 11) is 0. The molecule has 1 heteroatoms. The average Bonchev–Trinajstić information content (AvgIpc) is 2.05. The molecule has 0 aliphatic heterocycles. The lowest BCUT2D eigenvalue weighted by atomic mass is 10.2. The molecule has 0 spiro atoms. The van der Waals surface area contributed by atoms with Crippen LogP contribution >= 0.6 is 0 Å². The molecule has 12 heavy (non-hydrogen) atoms. The Balaban J connectivity index is 2.55. The molecule has 0 saturated heterocycles. The van der Waals surface area contributed by atoms with Crippen molar-refractivity contribution in [2.24, 2.45) is 5.73 Å². The zero-order chi connectivity index (χ0) is 8.81. The van der Waals surface area contributed by atoms with E-state index in [4.69, 9.17) is 5.73 Å². The van der Waals surface area contributed by atoms with Crippen LogP contribution in [0.5, 0.6) is 0 Å². The molecule has 0 aliphatic carbocycles. The maximum atomic E-state index is 5.55. The van der Waals surface area contributed by atoms with Gasteiger partial charge in [0.25, 0.3) is 0 Å². The van der Waals surface area contributed by atoms with Gasteiger partial charge in [0.15, 0.2) is 0 Å². The van der Waals surface area contributed by atoms with Gasteiger partial charge in [0.05, 0.1) is 0 Å². The van der Waals surface area contributed by atoms with Gasteiger partial charge in [0, 0.05) is 18.0 Å². The van der Waals surface area contributed by atoms with Crippen molar-refractivity contribution in [3.8, 4) is 11.8 Å². The molecular formula is C11H13N. The number of hydrogen-bond donors (Lipinski definition) is 1. The van der Waals surface area contributed by atoms with Crippen LogP contribution in [0.15, 0.2) is 30.3 Å². The van der Waals surface area contributed by atoms with E-state index in [1.807, 2.05) is 37.3 Å². The van der Waals surface area contributed by atoms with Gasteiger partial charge in [0.2, 0.25) is 0 Å². The molecule has 0 aromatic heterocycles. The van der Waals surface area contributed by atoms with Gasteiger partial charge in [0.1, 0.15) is 0 Å². The first-order chi connectivity index (χ1) is 5.79. The second kappa shape index (κ2) is 4.58. The van der Waals surface area contributed by atoms with Gasteiger partial charge >= 0.3 is 0 Å². The normalized spacial score (nSPS) is 11.5. The largest absolute Gasteiger partial charge is 0.327 e. The third kappa shape index (κ3) is 3.23. The number of hydrogen-bond acceptors (Lipinski definition) is 1. The van der Waals surface area contributed by atoms with Crippen LogP contribution in [-0.4, -0.2) is 6.04 Å². The zero-order valence-electron chi connectivity index (χ0n) is 7.25. The van der Waals surface area contributed by atoms with Crippen molar-refractivity contribution in [2.45, 2.75) is 19.4 Å². The number of rotatable bonds is 1. The highest BCUT2D eigenvalue weighted by molar-refractivity contribution is 5.33. The molecule has 0 saturated carbocycles. The van der Waals surface area contributed by atoms with Crippen molar-refractivity contribution in [3.63, 3.8) is 0 Å². The van der Waals surface area contributed by atoms with E-state index in [0.29, 0.717) is 0 Å². The molecule has 62 valence electrons. The first kappa shape index (κ1) is 8.83. The Hall–Kier alpha value is -1.26. The second-order valence-electron chi connectivity index (χ2n) is 2.85. The lowest BCUT2D eigenvalue weighted by Gasteiger charge is -1.93. The summed E-state index contributed by atoms with van der Waals surface area (Å²) in [5.41, 5.74) is 6.61. The Kier molecular flexibility index (Phi) is 3.37. The molecule has 0 bridgehead atoms. The van der Waals surface area contributed by atoms with Crippen LogP contribution in [0, 0.1) is 11.8 Å². The highest BCUT2D eigenvalue weighted by Crippen LogP contribution is 1.95. The monoisotopic (exact) mass is 159 g/mol. The van der Waals surface area contributed by atoms with E-state index in [1.165, 1.54) is 0 Å². The van der Waals surface area contributed by atoms with E-state index >= 15 is 0 Å². The molecule has 1 aromatic rings. The van der Waals surface area contributed by atoms with Crippen molar-refractivity contribution >= 4 is 0 Å². The first-order valence-corrected chi connectivity index (χ1v) is 4.08. The molecule has 0 radical (unpaired) electrons. The molecule has 1 unspecified atom stereocenters. The van der Waals surface area contributed by atoms with Crippen LogP contribution < -0.4 is 5.73 Å². The van der Waals surface area contributed by atoms with Crippen molar-refractivity contribution in [3.05, 3.63) is 35.9 Å². The van der Waals surface area contributed by atoms with E-state index < -0.39 is 0 Å². The van der Waals surface area contributed by atoms with Crippen molar-refractivity contribution in [1.29, 1.82) is 0 Å². The van der Waals surface area contributed by atoms with Gasteiger partial charge in [-0.15, -0.1) is 0 Å². The summed E-state index contributed by atoms with van der Waals surface area (Å²) in [5.74, 6) is 6.07. The predicted octanol–water partition coefficient (Wildman–Crippen LogP) is 1.78. The fraction of sp³-hybridized carbons (Fsp3) is 0.273. The van der Waals surface area contributed by atoms with E-state index in [0.717, 1.165) is 12.0 Å². The maximum Gasteiger partial charge on any atom is 0.0245 e. The molecule has 1 atom stereocenters. The molecule has 1 aromatic carbocycles. The van der Waals surface area contributed by atoms with E-state index in [1.54, 1.807) is 0 Å². The van der Waals surface area contributed by atoms with Gasteiger partial charge in [-0.2, -0.15) is 0 Å². The minimum absolute atomic E-state index is 0.168. The van der Waals surface area contributed by atoms with Crippen LogP contribution in [0.4, 0.5) is 0 Å². The van der Waals surface area contributed by atoms with Crippen molar-refractivity contribution in [1.82, 2.24) is 0 Å². The second-order valence-corrected chi connectivity index (χ2v) is 2.85. The standard InChI is InChI=1S/C11H13N/c1-10(12)6-5-9-11-7-3-2-4-8-11/h2-4,7-8,10H,6,12H2,1H3. The molecule has 2 N–H and O–H groups in total. The van der Waals surface area contributed by atoms with Gasteiger partial charge in [-0.05, 0) is 19.1 Å². The maximum absolute atomic E-state index is 5.55. The van der Waals surface area contributed by atoms with Crippen LogP contribution in [-0.2, 0) is 0 Å². The molecule has 0 heterocycles. The van der Waals surface area contributed by atoms with Crippen molar-refractivity contribution in [2.75, 3.05) is 0 Å². The summed E-state index contributed by atoms with van der Waals surface area (Å²) in [6, 6.07) is 10.1. The Labute approximate surface area is 73.6 Å². The molecular weight excluding hydrogens is 146 g/mol. The van der Waals surface area contributed by atoms with Crippen molar-refractivity contribution < 1.29 is 0 Å².